The van der Waals surface area contributed by atoms with Crippen LogP contribution in [0.4, 0.5) is 4.79 Å². The SMILES string of the molecule is CC1(C)CCCN1C(=O)NC1C2CCC(C2)C1C(=O)O. The number of fused-ring (bicyclic) bond motifs is 2. The molecule has 3 aliphatic rings. The molecule has 1 aliphatic heterocycles. The van der Waals surface area contributed by atoms with Crippen molar-refractivity contribution >= 4 is 12.0 Å². The Morgan fingerprint density at radius 3 is 2.55 bits per heavy atom. The number of hydrogen-bond acceptors (Lipinski definition) is 2. The number of nitrogens with one attached hydrogen (secondary N) is 1. The van der Waals surface area contributed by atoms with Crippen LogP contribution in [0.2, 0.25) is 0 Å². The summed E-state index contributed by atoms with van der Waals surface area (Å²) in [6, 6.07) is -0.244. The fraction of sp³-hybridized carbons (Fsp3) is 0.867. The van der Waals surface area contributed by atoms with Crippen LogP contribution in [-0.2, 0) is 4.79 Å². The molecule has 5 heteroatoms. The summed E-state index contributed by atoms with van der Waals surface area (Å²) in [6.07, 6.45) is 5.07. The summed E-state index contributed by atoms with van der Waals surface area (Å²) in [5, 5.41) is 12.5. The fourth-order valence-electron chi connectivity index (χ4n) is 4.56. The van der Waals surface area contributed by atoms with Crippen molar-refractivity contribution in [2.45, 2.75) is 57.5 Å². The maximum Gasteiger partial charge on any atom is 0.318 e. The van der Waals surface area contributed by atoms with Gasteiger partial charge in [0.25, 0.3) is 0 Å². The molecule has 0 aromatic rings. The lowest BCUT2D eigenvalue weighted by atomic mass is 9.84. The van der Waals surface area contributed by atoms with E-state index in [1.807, 2.05) is 4.90 Å². The van der Waals surface area contributed by atoms with Crippen molar-refractivity contribution in [3.05, 3.63) is 0 Å². The maximum atomic E-state index is 12.5. The summed E-state index contributed by atoms with van der Waals surface area (Å²) in [4.78, 5) is 25.8. The Morgan fingerprint density at radius 2 is 1.95 bits per heavy atom. The van der Waals surface area contributed by atoms with Gasteiger partial charge in [0.2, 0.25) is 0 Å². The highest BCUT2D eigenvalue weighted by Crippen LogP contribution is 2.48. The minimum Gasteiger partial charge on any atom is -0.481 e. The van der Waals surface area contributed by atoms with E-state index in [0.717, 1.165) is 38.6 Å². The van der Waals surface area contributed by atoms with Crippen LogP contribution >= 0.6 is 0 Å². The Hall–Kier alpha value is -1.26. The van der Waals surface area contributed by atoms with Gasteiger partial charge in [0.05, 0.1) is 5.92 Å². The van der Waals surface area contributed by atoms with Gasteiger partial charge in [0.15, 0.2) is 0 Å². The lowest BCUT2D eigenvalue weighted by Gasteiger charge is -2.35. The van der Waals surface area contributed by atoms with E-state index < -0.39 is 5.97 Å². The minimum atomic E-state index is -0.747. The van der Waals surface area contributed by atoms with E-state index in [4.69, 9.17) is 0 Å². The average Bonchev–Trinajstić information content (AvgIpc) is 3.01. The number of aliphatic carboxylic acids is 1. The first-order valence-corrected chi connectivity index (χ1v) is 7.71. The fourth-order valence-corrected chi connectivity index (χ4v) is 4.56. The maximum absolute atomic E-state index is 12.5. The average molecular weight is 280 g/mol. The van der Waals surface area contributed by atoms with E-state index in [1.165, 1.54) is 0 Å². The van der Waals surface area contributed by atoms with Crippen LogP contribution in [0.25, 0.3) is 0 Å². The number of carboxylic acid groups (broad SMARTS) is 1. The summed E-state index contributed by atoms with van der Waals surface area (Å²) in [7, 11) is 0. The first-order valence-electron chi connectivity index (χ1n) is 7.71. The van der Waals surface area contributed by atoms with E-state index in [0.29, 0.717) is 5.92 Å². The third-order valence-electron chi connectivity index (χ3n) is 5.64. The molecule has 2 aliphatic carbocycles. The Labute approximate surface area is 119 Å². The second kappa shape index (κ2) is 4.64. The zero-order chi connectivity index (χ0) is 14.5. The largest absolute Gasteiger partial charge is 0.481 e. The van der Waals surface area contributed by atoms with E-state index in [9.17, 15) is 14.7 Å². The molecule has 2 N–H and O–H groups in total. The number of hydrogen-bond donors (Lipinski definition) is 2. The Bertz CT molecular complexity index is 435. The molecule has 2 saturated carbocycles. The first-order chi connectivity index (χ1) is 9.40. The summed E-state index contributed by atoms with van der Waals surface area (Å²) >= 11 is 0. The monoisotopic (exact) mass is 280 g/mol. The summed E-state index contributed by atoms with van der Waals surface area (Å²) in [6.45, 7) is 4.93. The highest BCUT2D eigenvalue weighted by molar-refractivity contribution is 5.78. The van der Waals surface area contributed by atoms with Crippen molar-refractivity contribution < 1.29 is 14.7 Å². The molecule has 1 heterocycles. The van der Waals surface area contributed by atoms with Crippen LogP contribution in [0.3, 0.4) is 0 Å². The summed E-state index contributed by atoms with van der Waals surface area (Å²) in [5.74, 6) is -0.517. The van der Waals surface area contributed by atoms with Crippen LogP contribution in [0, 0.1) is 17.8 Å². The second-order valence-electron chi connectivity index (χ2n) is 7.24. The topological polar surface area (TPSA) is 69.6 Å². The van der Waals surface area contributed by atoms with Crippen molar-refractivity contribution in [3.63, 3.8) is 0 Å². The molecule has 1 saturated heterocycles. The molecule has 2 amide bonds. The quantitative estimate of drug-likeness (QED) is 0.813. The van der Waals surface area contributed by atoms with Gasteiger partial charge in [-0.05, 0) is 57.8 Å². The van der Waals surface area contributed by atoms with Crippen molar-refractivity contribution in [1.29, 1.82) is 0 Å². The van der Waals surface area contributed by atoms with E-state index in [1.54, 1.807) is 0 Å². The molecular formula is C15H24N2O3. The number of urea groups is 1. The molecule has 20 heavy (non-hydrogen) atoms. The molecule has 4 unspecified atom stereocenters. The number of nitrogens with zero attached hydrogens (tertiary/aromatic N) is 1. The van der Waals surface area contributed by atoms with Gasteiger partial charge in [-0.15, -0.1) is 0 Å². The molecule has 0 aromatic heterocycles. The Kier molecular flexibility index (Phi) is 3.18. The number of likely N-dealkylation sites (tertiary alicyclic amines) is 1. The van der Waals surface area contributed by atoms with Crippen LogP contribution < -0.4 is 5.32 Å². The smallest absolute Gasteiger partial charge is 0.318 e. The van der Waals surface area contributed by atoms with Gasteiger partial charge in [-0.25, -0.2) is 4.79 Å². The third kappa shape index (κ3) is 2.07. The van der Waals surface area contributed by atoms with Gasteiger partial charge in [-0.2, -0.15) is 0 Å². The number of amides is 2. The molecule has 112 valence electrons. The molecule has 0 spiro atoms. The van der Waals surface area contributed by atoms with Crippen molar-refractivity contribution in [1.82, 2.24) is 10.2 Å². The Morgan fingerprint density at radius 1 is 1.25 bits per heavy atom. The van der Waals surface area contributed by atoms with Crippen LogP contribution in [0.15, 0.2) is 0 Å². The van der Waals surface area contributed by atoms with Gasteiger partial charge >= 0.3 is 12.0 Å². The lowest BCUT2D eigenvalue weighted by molar-refractivity contribution is -0.144. The normalized spacial score (nSPS) is 38.2. The van der Waals surface area contributed by atoms with E-state index in [2.05, 4.69) is 19.2 Å². The van der Waals surface area contributed by atoms with Gasteiger partial charge in [0, 0.05) is 18.1 Å². The number of carboxylic acids is 1. The predicted molar refractivity (Wildman–Crippen MR) is 74.3 cm³/mol. The minimum absolute atomic E-state index is 0.0729. The highest BCUT2D eigenvalue weighted by Gasteiger charge is 2.52. The number of carbonyl (C=O) groups excluding carboxylic acids is 1. The number of rotatable bonds is 2. The molecule has 0 aromatic carbocycles. The first kappa shape index (κ1) is 13.7. The van der Waals surface area contributed by atoms with E-state index in [-0.39, 0.29) is 29.4 Å². The molecule has 0 radical (unpaired) electrons. The van der Waals surface area contributed by atoms with Gasteiger partial charge in [0.1, 0.15) is 0 Å². The standard InChI is InChI=1S/C15H24N2O3/c1-15(2)6-3-7-17(15)14(20)16-12-10-5-4-9(8-10)11(12)13(18)19/h9-12H,3-8H2,1-2H3,(H,16,20)(H,18,19). The van der Waals surface area contributed by atoms with Crippen LogP contribution in [-0.4, -0.2) is 40.1 Å². The zero-order valence-corrected chi connectivity index (χ0v) is 12.3. The van der Waals surface area contributed by atoms with Crippen LogP contribution in [0.5, 0.6) is 0 Å². The highest BCUT2D eigenvalue weighted by atomic mass is 16.4. The molecule has 4 atom stereocenters. The van der Waals surface area contributed by atoms with Gasteiger partial charge in [-0.3, -0.25) is 4.79 Å². The van der Waals surface area contributed by atoms with Crippen molar-refractivity contribution in [2.75, 3.05) is 6.54 Å². The summed E-state index contributed by atoms with van der Waals surface area (Å²) in [5.41, 5.74) is -0.111. The molecule has 2 bridgehead atoms. The van der Waals surface area contributed by atoms with Crippen molar-refractivity contribution in [3.8, 4) is 0 Å². The van der Waals surface area contributed by atoms with Gasteiger partial charge < -0.3 is 15.3 Å². The van der Waals surface area contributed by atoms with E-state index >= 15 is 0 Å². The van der Waals surface area contributed by atoms with Gasteiger partial charge in [-0.1, -0.05) is 0 Å². The third-order valence-corrected chi connectivity index (χ3v) is 5.64. The second-order valence-corrected chi connectivity index (χ2v) is 7.24. The molecule has 5 nitrogen and oxygen atoms in total. The molecule has 3 rings (SSSR count). The predicted octanol–water partition coefficient (Wildman–Crippen LogP) is 2.07. The zero-order valence-electron chi connectivity index (χ0n) is 12.3. The molecule has 3 fully saturated rings. The van der Waals surface area contributed by atoms with Crippen molar-refractivity contribution in [2.24, 2.45) is 17.8 Å². The number of carbonyl (C=O) groups is 2. The Balaban J connectivity index is 1.71. The summed E-state index contributed by atoms with van der Waals surface area (Å²) < 4.78 is 0. The lowest BCUT2D eigenvalue weighted by Crippen LogP contribution is -2.54. The van der Waals surface area contributed by atoms with Crippen LogP contribution in [0.1, 0.15) is 46.0 Å². The molecular weight excluding hydrogens is 256 g/mol.